The van der Waals surface area contributed by atoms with E-state index in [1.807, 2.05) is 5.38 Å². The van der Waals surface area contributed by atoms with Crippen LogP contribution in [-0.4, -0.2) is 39.2 Å². The van der Waals surface area contributed by atoms with Gasteiger partial charge in [0.05, 0.1) is 7.11 Å². The number of hydrogen-bond donors (Lipinski definition) is 1. The first-order valence-electron chi connectivity index (χ1n) is 5.19. The zero-order chi connectivity index (χ0) is 11.1. The average molecular weight is 228 g/mol. The second-order valence-electron chi connectivity index (χ2n) is 3.79. The van der Waals surface area contributed by atoms with Crippen molar-refractivity contribution >= 4 is 11.3 Å². The van der Waals surface area contributed by atoms with Crippen molar-refractivity contribution in [2.75, 3.05) is 34.3 Å². The van der Waals surface area contributed by atoms with Crippen LogP contribution < -0.4 is 10.1 Å². The topological polar surface area (TPSA) is 24.5 Å². The largest absolute Gasteiger partial charge is 0.496 e. The predicted octanol–water partition coefficient (Wildman–Crippen LogP) is 1.80. The molecule has 0 fully saturated rings. The molecule has 1 aromatic rings. The molecular formula is C11H20N2OS. The normalized spacial score (nSPS) is 10.9. The summed E-state index contributed by atoms with van der Waals surface area (Å²) in [5.41, 5.74) is 0. The van der Waals surface area contributed by atoms with Gasteiger partial charge in [-0.1, -0.05) is 0 Å². The third-order valence-electron chi connectivity index (χ3n) is 2.12. The van der Waals surface area contributed by atoms with E-state index >= 15 is 0 Å². The minimum Gasteiger partial charge on any atom is -0.496 e. The van der Waals surface area contributed by atoms with Gasteiger partial charge in [0.15, 0.2) is 0 Å². The molecule has 86 valence electrons. The molecule has 3 nitrogen and oxygen atoms in total. The van der Waals surface area contributed by atoms with Crippen LogP contribution in [0.1, 0.15) is 11.3 Å². The SMILES string of the molecule is COc1csc(CNCCCN(C)C)c1. The number of nitrogens with zero attached hydrogens (tertiary/aromatic N) is 1. The second-order valence-corrected chi connectivity index (χ2v) is 4.78. The van der Waals surface area contributed by atoms with Crippen molar-refractivity contribution in [2.24, 2.45) is 0 Å². The van der Waals surface area contributed by atoms with Crippen molar-refractivity contribution in [3.8, 4) is 5.75 Å². The van der Waals surface area contributed by atoms with Gasteiger partial charge in [0.2, 0.25) is 0 Å². The maximum absolute atomic E-state index is 5.13. The monoisotopic (exact) mass is 228 g/mol. The molecular weight excluding hydrogens is 208 g/mol. The second kappa shape index (κ2) is 6.82. The van der Waals surface area contributed by atoms with E-state index in [9.17, 15) is 0 Å². The van der Waals surface area contributed by atoms with E-state index in [1.54, 1.807) is 18.4 Å². The summed E-state index contributed by atoms with van der Waals surface area (Å²) in [6, 6.07) is 2.09. The van der Waals surface area contributed by atoms with Crippen molar-refractivity contribution in [2.45, 2.75) is 13.0 Å². The van der Waals surface area contributed by atoms with Crippen LogP contribution in [-0.2, 0) is 6.54 Å². The Morgan fingerprint density at radius 2 is 2.27 bits per heavy atom. The fraction of sp³-hybridized carbons (Fsp3) is 0.636. The lowest BCUT2D eigenvalue weighted by molar-refractivity contribution is 0.394. The molecule has 4 heteroatoms. The number of methoxy groups -OCH3 is 1. The lowest BCUT2D eigenvalue weighted by Gasteiger charge is -2.09. The molecule has 0 saturated heterocycles. The molecule has 1 heterocycles. The summed E-state index contributed by atoms with van der Waals surface area (Å²) in [5.74, 6) is 0.963. The summed E-state index contributed by atoms with van der Waals surface area (Å²) in [5, 5.41) is 5.46. The van der Waals surface area contributed by atoms with Crippen LogP contribution in [0.4, 0.5) is 0 Å². The Hall–Kier alpha value is -0.580. The summed E-state index contributed by atoms with van der Waals surface area (Å²) in [7, 11) is 5.91. The van der Waals surface area contributed by atoms with E-state index in [0.717, 1.165) is 25.4 Å². The third-order valence-corrected chi connectivity index (χ3v) is 3.04. The lowest BCUT2D eigenvalue weighted by atomic mass is 10.4. The van der Waals surface area contributed by atoms with Crippen LogP contribution in [0.15, 0.2) is 11.4 Å². The summed E-state index contributed by atoms with van der Waals surface area (Å²) < 4.78 is 5.13. The smallest absolute Gasteiger partial charge is 0.129 e. The van der Waals surface area contributed by atoms with E-state index in [1.165, 1.54) is 11.3 Å². The lowest BCUT2D eigenvalue weighted by Crippen LogP contribution is -2.20. The Bertz CT molecular complexity index is 273. The average Bonchev–Trinajstić information content (AvgIpc) is 2.65. The highest BCUT2D eigenvalue weighted by molar-refractivity contribution is 7.10. The molecule has 15 heavy (non-hydrogen) atoms. The Kier molecular flexibility index (Phi) is 5.68. The summed E-state index contributed by atoms with van der Waals surface area (Å²) in [6.07, 6.45) is 1.19. The molecule has 0 amide bonds. The number of ether oxygens (including phenoxy) is 1. The van der Waals surface area contributed by atoms with Crippen molar-refractivity contribution in [3.63, 3.8) is 0 Å². The molecule has 0 aliphatic carbocycles. The first-order valence-corrected chi connectivity index (χ1v) is 6.07. The molecule has 0 aliphatic rings. The van der Waals surface area contributed by atoms with Crippen molar-refractivity contribution < 1.29 is 4.74 Å². The van der Waals surface area contributed by atoms with Crippen molar-refractivity contribution in [1.82, 2.24) is 10.2 Å². The van der Waals surface area contributed by atoms with Gasteiger partial charge in [0.1, 0.15) is 5.75 Å². The molecule has 1 N–H and O–H groups in total. The molecule has 0 unspecified atom stereocenters. The summed E-state index contributed by atoms with van der Waals surface area (Å²) in [4.78, 5) is 3.53. The quantitative estimate of drug-likeness (QED) is 0.720. The summed E-state index contributed by atoms with van der Waals surface area (Å²) >= 11 is 1.74. The Labute approximate surface area is 96.0 Å². The number of nitrogens with one attached hydrogen (secondary N) is 1. The molecule has 0 radical (unpaired) electrons. The van der Waals surface area contributed by atoms with E-state index in [0.29, 0.717) is 0 Å². The first-order chi connectivity index (χ1) is 7.22. The number of thiophene rings is 1. The van der Waals surface area contributed by atoms with Gasteiger partial charge in [-0.2, -0.15) is 0 Å². The van der Waals surface area contributed by atoms with Gasteiger partial charge < -0.3 is 15.0 Å². The Morgan fingerprint density at radius 1 is 1.47 bits per heavy atom. The van der Waals surface area contributed by atoms with Gasteiger partial charge >= 0.3 is 0 Å². The highest BCUT2D eigenvalue weighted by atomic mass is 32.1. The Balaban J connectivity index is 2.09. The fourth-order valence-electron chi connectivity index (χ4n) is 1.29. The van der Waals surface area contributed by atoms with Gasteiger partial charge in [-0.3, -0.25) is 0 Å². The standard InChI is InChI=1S/C11H20N2OS/c1-13(2)6-4-5-12-8-11-7-10(14-3)9-15-11/h7,9,12H,4-6,8H2,1-3H3. The van der Waals surface area contributed by atoms with Gasteiger partial charge in [0, 0.05) is 16.8 Å². The van der Waals surface area contributed by atoms with Crippen LogP contribution in [0.5, 0.6) is 5.75 Å². The molecule has 0 aromatic carbocycles. The zero-order valence-electron chi connectivity index (χ0n) is 9.75. The van der Waals surface area contributed by atoms with E-state index < -0.39 is 0 Å². The maximum atomic E-state index is 5.13. The minimum atomic E-state index is 0.946. The molecule has 0 atom stereocenters. The van der Waals surface area contributed by atoms with Crippen molar-refractivity contribution in [1.29, 1.82) is 0 Å². The molecule has 1 aromatic heterocycles. The van der Waals surface area contributed by atoms with Gasteiger partial charge in [0.25, 0.3) is 0 Å². The minimum absolute atomic E-state index is 0.946. The van der Waals surface area contributed by atoms with Crippen LogP contribution in [0.25, 0.3) is 0 Å². The van der Waals surface area contributed by atoms with E-state index in [2.05, 4.69) is 30.4 Å². The fourth-order valence-corrected chi connectivity index (χ4v) is 2.09. The molecule has 0 bridgehead atoms. The molecule has 0 aliphatic heterocycles. The number of hydrogen-bond acceptors (Lipinski definition) is 4. The summed E-state index contributed by atoms with van der Waals surface area (Å²) in [6.45, 7) is 3.15. The van der Waals surface area contributed by atoms with Crippen LogP contribution in [0, 0.1) is 0 Å². The van der Waals surface area contributed by atoms with Gasteiger partial charge in [-0.05, 0) is 39.7 Å². The van der Waals surface area contributed by atoms with Gasteiger partial charge in [-0.15, -0.1) is 11.3 Å². The molecule has 0 saturated carbocycles. The maximum Gasteiger partial charge on any atom is 0.129 e. The zero-order valence-corrected chi connectivity index (χ0v) is 10.6. The highest BCUT2D eigenvalue weighted by Crippen LogP contribution is 2.20. The van der Waals surface area contributed by atoms with Crippen LogP contribution >= 0.6 is 11.3 Å². The molecule has 0 spiro atoms. The van der Waals surface area contributed by atoms with Crippen LogP contribution in [0.2, 0.25) is 0 Å². The van der Waals surface area contributed by atoms with Crippen molar-refractivity contribution in [3.05, 3.63) is 16.3 Å². The highest BCUT2D eigenvalue weighted by Gasteiger charge is 1.98. The van der Waals surface area contributed by atoms with Gasteiger partial charge in [-0.25, -0.2) is 0 Å². The predicted molar refractivity (Wildman–Crippen MR) is 65.7 cm³/mol. The Morgan fingerprint density at radius 3 is 2.87 bits per heavy atom. The van der Waals surface area contributed by atoms with E-state index in [4.69, 9.17) is 4.74 Å². The first kappa shape index (κ1) is 12.5. The van der Waals surface area contributed by atoms with E-state index in [-0.39, 0.29) is 0 Å². The molecule has 1 rings (SSSR count). The number of rotatable bonds is 7. The third kappa shape index (κ3) is 5.16. The van der Waals surface area contributed by atoms with Crippen LogP contribution in [0.3, 0.4) is 0 Å².